The third-order valence-electron chi connectivity index (χ3n) is 20.9. The lowest BCUT2D eigenvalue weighted by atomic mass is 9.41. The molecule has 20 nitrogen and oxygen atoms in total. The Balaban J connectivity index is 0.000000192. The summed E-state index contributed by atoms with van der Waals surface area (Å²) in [6, 6.07) is 15.2. The minimum absolute atomic E-state index is 0.0113. The monoisotopic (exact) mass is 1140 g/mol. The van der Waals surface area contributed by atoms with Crippen molar-refractivity contribution < 1.29 is 67.1 Å². The van der Waals surface area contributed by atoms with Crippen molar-refractivity contribution in [3.63, 3.8) is 0 Å². The van der Waals surface area contributed by atoms with Crippen molar-refractivity contribution >= 4 is 23.6 Å². The quantitative estimate of drug-likeness (QED) is 0.0535. The number of aliphatic hydroxyl groups is 3. The maximum Gasteiger partial charge on any atom is 0.345 e. The molecular formula is C63H73N3O17. The van der Waals surface area contributed by atoms with Gasteiger partial charge in [-0.15, -0.1) is 0 Å². The average molecular weight is 1140 g/mol. The molecule has 20 heteroatoms. The van der Waals surface area contributed by atoms with Gasteiger partial charge in [-0.1, -0.05) is 41.5 Å². The van der Waals surface area contributed by atoms with Crippen molar-refractivity contribution in [2.75, 3.05) is 13.2 Å². The lowest BCUT2D eigenvalue weighted by Gasteiger charge is -2.66. The summed E-state index contributed by atoms with van der Waals surface area (Å²) in [5.74, 6) is -1.90. The van der Waals surface area contributed by atoms with E-state index in [2.05, 4.69) is 51.5 Å². The second-order valence-corrected chi connectivity index (χ2v) is 25.5. The van der Waals surface area contributed by atoms with Crippen molar-refractivity contribution in [3.8, 4) is 34.1 Å². The first kappa shape index (κ1) is 58.9. The minimum Gasteiger partial charge on any atom is -0.484 e. The molecule has 0 amide bonds. The van der Waals surface area contributed by atoms with Crippen LogP contribution in [0.1, 0.15) is 141 Å². The van der Waals surface area contributed by atoms with Crippen molar-refractivity contribution in [1.29, 1.82) is 0 Å². The maximum absolute atomic E-state index is 13.7. The lowest BCUT2D eigenvalue weighted by Crippen LogP contribution is -2.70. The largest absolute Gasteiger partial charge is 0.484 e. The van der Waals surface area contributed by atoms with Crippen molar-refractivity contribution in [2.24, 2.45) is 57.2 Å². The number of carbonyl (C=O) groups is 3. The van der Waals surface area contributed by atoms with Crippen LogP contribution in [0.2, 0.25) is 0 Å². The van der Waals surface area contributed by atoms with Gasteiger partial charge in [-0.05, 0) is 123 Å². The predicted molar refractivity (Wildman–Crippen MR) is 298 cm³/mol. The zero-order chi connectivity index (χ0) is 59.9. The predicted octanol–water partition coefficient (Wildman–Crippen LogP) is 9.55. The summed E-state index contributed by atoms with van der Waals surface area (Å²) in [6.07, 6.45) is 5.81. The first-order chi connectivity index (χ1) is 39.1. The molecule has 4 aliphatic carbocycles. The standard InChI is InChI=1S/C35H38N2O10.C28H35NO7/c1-19-12-13-33(3)26(34(19,4)18-44-20(2)38)16-27(46-31(40)21-8-10-23(11-9-21)37(42)43)35(5)30(33)29(39)28-25(47-35)15-24(45-32(28)41)22-7-6-14-36-17-22;1-15-8-9-26(3)20(27(15,4)14-34-16(2)30)12-21(31)28(5)24(26)23(32)22-19(36-28)11-18(35-25(22)33)17-7-6-10-29-13-17/h6-11,14-15,17,19,26-27,29-30,39H,12-13,16,18H2,1-5H3;6-7,10-11,13,15,20-21,23-24,31-32H,8-9,12,14H2,1-5H3/t19-,26?,27-,29-,30?,33-,34?,35+;15-,20?,21-,23?,24?,26-,27?,28+/m00/s1. The number of aromatic nitrogens is 2. The lowest BCUT2D eigenvalue weighted by molar-refractivity contribution is -0.384. The molecule has 4 aromatic heterocycles. The number of pyridine rings is 2. The Hall–Kier alpha value is -7.29. The van der Waals surface area contributed by atoms with E-state index < -0.39 is 97.2 Å². The molecule has 0 saturated heterocycles. The molecule has 83 heavy (non-hydrogen) atoms. The van der Waals surface area contributed by atoms with Gasteiger partial charge in [0.15, 0.2) is 0 Å². The zero-order valence-electron chi connectivity index (χ0n) is 48.4. The number of esters is 3. The van der Waals surface area contributed by atoms with Crippen LogP contribution in [0, 0.1) is 67.3 Å². The summed E-state index contributed by atoms with van der Waals surface area (Å²) in [4.78, 5) is 83.0. The molecule has 0 spiro atoms. The normalized spacial score (nSPS) is 35.4. The fourth-order valence-corrected chi connectivity index (χ4v) is 16.2. The van der Waals surface area contributed by atoms with Gasteiger partial charge in [-0.25, -0.2) is 14.4 Å². The van der Waals surface area contributed by atoms with Crippen LogP contribution < -0.4 is 20.7 Å². The zero-order valence-corrected chi connectivity index (χ0v) is 48.4. The number of rotatable bonds is 9. The molecule has 6 aliphatic rings. The number of nitro benzene ring substituents is 1. The van der Waals surface area contributed by atoms with Gasteiger partial charge in [0.05, 0.1) is 42.0 Å². The number of nitro groups is 1. The number of ether oxygens (including phenoxy) is 5. The molecule has 16 atom stereocenters. The second-order valence-electron chi connectivity index (χ2n) is 25.5. The SMILES string of the molecule is CC(=O)OCC1(C)C2C[C@H](O)[C@@]3(C)Oc4cc(-c5cccnc5)oc(=O)c4C(O)C3[C@@]2(C)CC[C@@H]1C.CC(=O)OCC1(C)C2C[C@H](OC(=O)c3ccc([N+](=O)[O-])cc3)[C@@]3(C)Oc4cc(-c5cccnc5)oc(=O)c4[C@H](O)C3[C@@]2(C)CC[C@@H]1C. The number of hydrogen-bond acceptors (Lipinski definition) is 19. The summed E-state index contributed by atoms with van der Waals surface area (Å²) in [7, 11) is 0. The average Bonchev–Trinajstić information content (AvgIpc) is 1.44. The van der Waals surface area contributed by atoms with E-state index in [1.165, 1.54) is 38.1 Å². The van der Waals surface area contributed by atoms with E-state index in [0.29, 0.717) is 30.4 Å². The second kappa shape index (κ2) is 21.4. The molecule has 0 bridgehead atoms. The number of carbonyl (C=O) groups excluding carboxylic acids is 3. The van der Waals surface area contributed by atoms with Crippen LogP contribution in [-0.4, -0.2) is 84.7 Å². The Labute approximate surface area is 480 Å². The van der Waals surface area contributed by atoms with Crippen LogP contribution in [-0.2, 0) is 23.8 Å². The number of aliphatic hydroxyl groups excluding tert-OH is 3. The van der Waals surface area contributed by atoms with Gasteiger partial charge in [0, 0.05) is 96.7 Å². The number of benzene rings is 1. The maximum atomic E-state index is 13.7. The highest BCUT2D eigenvalue weighted by Crippen LogP contribution is 2.70. The first-order valence-corrected chi connectivity index (χ1v) is 28.4. The van der Waals surface area contributed by atoms with Gasteiger partial charge < -0.3 is 47.8 Å². The molecule has 3 N–H and O–H groups in total. The van der Waals surface area contributed by atoms with Crippen LogP contribution in [0.15, 0.2) is 104 Å². The van der Waals surface area contributed by atoms with Crippen LogP contribution >= 0.6 is 0 Å². The van der Waals surface area contributed by atoms with Crippen molar-refractivity contribution in [3.05, 3.63) is 133 Å². The van der Waals surface area contributed by atoms with Gasteiger partial charge in [0.1, 0.15) is 51.5 Å². The highest BCUT2D eigenvalue weighted by molar-refractivity contribution is 5.90. The van der Waals surface area contributed by atoms with Gasteiger partial charge in [0.2, 0.25) is 0 Å². The molecule has 442 valence electrons. The molecule has 11 rings (SSSR count). The summed E-state index contributed by atoms with van der Waals surface area (Å²) in [6.45, 7) is 19.3. The number of nitrogens with zero attached hydrogens (tertiary/aromatic N) is 3. The molecule has 6 heterocycles. The Morgan fingerprint density at radius 2 is 1.12 bits per heavy atom. The molecular weight excluding hydrogens is 1070 g/mol. The fourth-order valence-electron chi connectivity index (χ4n) is 16.2. The molecule has 5 aromatic rings. The third-order valence-corrected chi connectivity index (χ3v) is 20.9. The Bertz CT molecular complexity index is 3450. The molecule has 4 saturated carbocycles. The van der Waals surface area contributed by atoms with Gasteiger partial charge in [-0.2, -0.15) is 0 Å². The topological polar surface area (TPSA) is 287 Å². The smallest absolute Gasteiger partial charge is 0.345 e. The highest BCUT2D eigenvalue weighted by Gasteiger charge is 2.71. The van der Waals surface area contributed by atoms with E-state index in [9.17, 15) is 49.4 Å². The molecule has 7 unspecified atom stereocenters. The van der Waals surface area contributed by atoms with Gasteiger partial charge >= 0.3 is 29.2 Å². The van der Waals surface area contributed by atoms with E-state index >= 15 is 0 Å². The number of non-ortho nitro benzene ring substituents is 1. The Morgan fingerprint density at radius 3 is 1.55 bits per heavy atom. The third kappa shape index (κ3) is 9.80. The van der Waals surface area contributed by atoms with Gasteiger partial charge in [0.25, 0.3) is 5.69 Å². The van der Waals surface area contributed by atoms with Crippen LogP contribution in [0.3, 0.4) is 0 Å². The van der Waals surface area contributed by atoms with Crippen LogP contribution in [0.25, 0.3) is 22.6 Å². The first-order valence-electron chi connectivity index (χ1n) is 28.4. The molecule has 0 radical (unpaired) electrons. The molecule has 4 fully saturated rings. The Morgan fingerprint density at radius 1 is 0.675 bits per heavy atom. The van der Waals surface area contributed by atoms with Crippen LogP contribution in [0.4, 0.5) is 5.69 Å². The molecule has 1 aromatic carbocycles. The number of fused-ring (bicyclic) bond motifs is 8. The molecule has 2 aliphatic heterocycles. The minimum atomic E-state index is -1.34. The summed E-state index contributed by atoms with van der Waals surface area (Å²) < 4.78 is 41.9. The van der Waals surface area contributed by atoms with Crippen molar-refractivity contribution in [2.45, 2.75) is 143 Å². The fraction of sp³-hybridized carbons (Fsp3) is 0.540. The Kier molecular flexibility index (Phi) is 15.2. The summed E-state index contributed by atoms with van der Waals surface area (Å²) in [5, 5.41) is 46.8. The number of hydrogen-bond donors (Lipinski definition) is 3. The van der Waals surface area contributed by atoms with E-state index in [0.717, 1.165) is 19.3 Å². The van der Waals surface area contributed by atoms with E-state index in [-0.39, 0.29) is 88.3 Å². The van der Waals surface area contributed by atoms with E-state index in [1.54, 1.807) is 68.1 Å². The van der Waals surface area contributed by atoms with Crippen molar-refractivity contribution in [1.82, 2.24) is 9.97 Å². The van der Waals surface area contributed by atoms with Gasteiger partial charge in [-0.3, -0.25) is 29.7 Å². The van der Waals surface area contributed by atoms with E-state index in [4.69, 9.17) is 32.5 Å². The highest BCUT2D eigenvalue weighted by atomic mass is 16.6. The van der Waals surface area contributed by atoms with Crippen LogP contribution in [0.5, 0.6) is 11.5 Å². The van der Waals surface area contributed by atoms with E-state index in [1.807, 2.05) is 6.92 Å². The summed E-state index contributed by atoms with van der Waals surface area (Å²) >= 11 is 0. The summed E-state index contributed by atoms with van der Waals surface area (Å²) in [5.41, 5.74) is -4.81.